The van der Waals surface area contributed by atoms with Crippen LogP contribution in [0.4, 0.5) is 4.39 Å². The van der Waals surface area contributed by atoms with Crippen molar-refractivity contribution in [2.24, 2.45) is 0 Å². The number of amides is 1. The Balaban J connectivity index is 1.80. The molecule has 3 aromatic rings. The summed E-state index contributed by atoms with van der Waals surface area (Å²) in [6, 6.07) is 13.6. The number of hydrogen-bond donors (Lipinski definition) is 1. The van der Waals surface area contributed by atoms with Crippen LogP contribution >= 0.6 is 11.5 Å². The Morgan fingerprint density at radius 3 is 2.46 bits per heavy atom. The highest BCUT2D eigenvalue weighted by Crippen LogP contribution is 2.25. The standard InChI is InChI=1S/C18H16FN3OS/c1-11-3-5-14(6-4-11)16-17(24-22-21-16)18(23)20-12(2)13-7-9-15(19)10-8-13/h3-10,12H,1-2H3,(H,20,23). The zero-order chi connectivity index (χ0) is 17.1. The van der Waals surface area contributed by atoms with Gasteiger partial charge in [0.1, 0.15) is 16.4 Å². The maximum absolute atomic E-state index is 13.0. The minimum atomic E-state index is -0.300. The molecule has 1 atom stereocenters. The number of halogens is 1. The first kappa shape index (κ1) is 16.3. The van der Waals surface area contributed by atoms with Crippen molar-refractivity contribution in [1.82, 2.24) is 14.9 Å². The van der Waals surface area contributed by atoms with Gasteiger partial charge in [0.15, 0.2) is 0 Å². The maximum Gasteiger partial charge on any atom is 0.265 e. The molecule has 0 aliphatic heterocycles. The smallest absolute Gasteiger partial charge is 0.265 e. The van der Waals surface area contributed by atoms with Crippen molar-refractivity contribution in [3.63, 3.8) is 0 Å². The van der Waals surface area contributed by atoms with Gasteiger partial charge >= 0.3 is 0 Å². The molecule has 122 valence electrons. The summed E-state index contributed by atoms with van der Waals surface area (Å²) in [7, 11) is 0. The number of aryl methyl sites for hydroxylation is 1. The Labute approximate surface area is 143 Å². The van der Waals surface area contributed by atoms with E-state index >= 15 is 0 Å². The van der Waals surface area contributed by atoms with Crippen molar-refractivity contribution >= 4 is 17.4 Å². The third-order valence-electron chi connectivity index (χ3n) is 3.74. The molecule has 0 saturated carbocycles. The summed E-state index contributed by atoms with van der Waals surface area (Å²) >= 11 is 1.06. The second kappa shape index (κ2) is 6.88. The Bertz CT molecular complexity index is 843. The highest BCUT2D eigenvalue weighted by molar-refractivity contribution is 7.08. The van der Waals surface area contributed by atoms with Gasteiger partial charge in [0.25, 0.3) is 5.91 Å². The van der Waals surface area contributed by atoms with Crippen molar-refractivity contribution < 1.29 is 9.18 Å². The molecule has 1 heterocycles. The van der Waals surface area contributed by atoms with Crippen molar-refractivity contribution in [2.75, 3.05) is 0 Å². The number of nitrogens with zero attached hydrogens (tertiary/aromatic N) is 2. The Hall–Kier alpha value is -2.60. The van der Waals surface area contributed by atoms with E-state index in [1.807, 2.05) is 38.1 Å². The van der Waals surface area contributed by atoms with E-state index < -0.39 is 0 Å². The molecule has 6 heteroatoms. The molecule has 24 heavy (non-hydrogen) atoms. The Morgan fingerprint density at radius 2 is 1.79 bits per heavy atom. The van der Waals surface area contributed by atoms with Crippen molar-refractivity contribution in [1.29, 1.82) is 0 Å². The van der Waals surface area contributed by atoms with Gasteiger partial charge in [-0.2, -0.15) is 0 Å². The topological polar surface area (TPSA) is 54.9 Å². The first-order valence-electron chi connectivity index (χ1n) is 7.50. The predicted molar refractivity (Wildman–Crippen MR) is 92.4 cm³/mol. The van der Waals surface area contributed by atoms with E-state index in [0.717, 1.165) is 28.2 Å². The van der Waals surface area contributed by atoms with Crippen LogP contribution < -0.4 is 5.32 Å². The second-order valence-corrected chi connectivity index (χ2v) is 6.32. The van der Waals surface area contributed by atoms with Crippen LogP contribution in [-0.4, -0.2) is 15.5 Å². The number of nitrogens with one attached hydrogen (secondary N) is 1. The van der Waals surface area contributed by atoms with Gasteiger partial charge in [-0.1, -0.05) is 46.4 Å². The van der Waals surface area contributed by atoms with E-state index in [0.29, 0.717) is 10.6 Å². The van der Waals surface area contributed by atoms with Crippen LogP contribution in [0.5, 0.6) is 0 Å². The lowest BCUT2D eigenvalue weighted by atomic mass is 10.1. The van der Waals surface area contributed by atoms with Gasteiger partial charge in [-0.05, 0) is 43.1 Å². The lowest BCUT2D eigenvalue weighted by Crippen LogP contribution is -2.26. The molecule has 2 aromatic carbocycles. The molecular weight excluding hydrogens is 325 g/mol. The van der Waals surface area contributed by atoms with Gasteiger partial charge in [0.05, 0.1) is 6.04 Å². The quantitative estimate of drug-likeness (QED) is 0.776. The molecule has 1 N–H and O–H groups in total. The van der Waals surface area contributed by atoms with Gasteiger partial charge in [0.2, 0.25) is 0 Å². The predicted octanol–water partition coefficient (Wildman–Crippen LogP) is 4.14. The molecule has 3 rings (SSSR count). The van der Waals surface area contributed by atoms with Gasteiger partial charge in [-0.3, -0.25) is 4.79 Å². The number of rotatable bonds is 4. The summed E-state index contributed by atoms with van der Waals surface area (Å²) in [5.41, 5.74) is 3.40. The summed E-state index contributed by atoms with van der Waals surface area (Å²) in [4.78, 5) is 13.0. The van der Waals surface area contributed by atoms with Gasteiger partial charge in [0, 0.05) is 5.56 Å². The number of benzene rings is 2. The average Bonchev–Trinajstić information content (AvgIpc) is 3.06. The molecule has 0 saturated heterocycles. The summed E-state index contributed by atoms with van der Waals surface area (Å²) in [5.74, 6) is -0.539. The largest absolute Gasteiger partial charge is 0.345 e. The molecular formula is C18H16FN3OS. The van der Waals surface area contributed by atoms with Crippen LogP contribution in [0.25, 0.3) is 11.3 Å². The van der Waals surface area contributed by atoms with Gasteiger partial charge < -0.3 is 5.32 Å². The molecule has 0 aliphatic carbocycles. The van der Waals surface area contributed by atoms with Gasteiger partial charge in [-0.25, -0.2) is 4.39 Å². The van der Waals surface area contributed by atoms with Crippen LogP contribution in [0.2, 0.25) is 0 Å². The van der Waals surface area contributed by atoms with E-state index in [9.17, 15) is 9.18 Å². The van der Waals surface area contributed by atoms with E-state index in [2.05, 4.69) is 14.9 Å². The van der Waals surface area contributed by atoms with Crippen LogP contribution in [-0.2, 0) is 0 Å². The number of aromatic nitrogens is 2. The fourth-order valence-corrected chi connectivity index (χ4v) is 2.93. The summed E-state index contributed by atoms with van der Waals surface area (Å²) in [6.45, 7) is 3.85. The van der Waals surface area contributed by atoms with Crippen LogP contribution in [0, 0.1) is 12.7 Å². The zero-order valence-corrected chi connectivity index (χ0v) is 14.1. The number of carbonyl (C=O) groups excluding carboxylic acids is 1. The zero-order valence-electron chi connectivity index (χ0n) is 13.3. The van der Waals surface area contributed by atoms with E-state index in [-0.39, 0.29) is 17.8 Å². The molecule has 1 amide bonds. The Morgan fingerprint density at radius 1 is 1.12 bits per heavy atom. The average molecular weight is 341 g/mol. The highest BCUT2D eigenvalue weighted by atomic mass is 32.1. The molecule has 4 nitrogen and oxygen atoms in total. The third-order valence-corrected chi connectivity index (χ3v) is 4.46. The molecule has 0 fully saturated rings. The third kappa shape index (κ3) is 3.49. The van der Waals surface area contributed by atoms with E-state index in [1.165, 1.54) is 12.1 Å². The van der Waals surface area contributed by atoms with Crippen molar-refractivity contribution in [3.8, 4) is 11.3 Å². The van der Waals surface area contributed by atoms with E-state index in [1.54, 1.807) is 12.1 Å². The summed E-state index contributed by atoms with van der Waals surface area (Å²) < 4.78 is 16.9. The fraction of sp³-hybridized carbons (Fsp3) is 0.167. The summed E-state index contributed by atoms with van der Waals surface area (Å²) in [5, 5.41) is 7.00. The number of carbonyl (C=O) groups is 1. The SMILES string of the molecule is Cc1ccc(-c2nnsc2C(=O)NC(C)c2ccc(F)cc2)cc1. The maximum atomic E-state index is 13.0. The summed E-state index contributed by atoms with van der Waals surface area (Å²) in [6.07, 6.45) is 0. The van der Waals surface area contributed by atoms with Crippen LogP contribution in [0.1, 0.15) is 33.8 Å². The normalized spacial score (nSPS) is 12.0. The van der Waals surface area contributed by atoms with Crippen LogP contribution in [0.15, 0.2) is 48.5 Å². The van der Waals surface area contributed by atoms with E-state index in [4.69, 9.17) is 0 Å². The highest BCUT2D eigenvalue weighted by Gasteiger charge is 2.19. The number of hydrogen-bond acceptors (Lipinski definition) is 4. The monoisotopic (exact) mass is 341 g/mol. The molecule has 0 radical (unpaired) electrons. The lowest BCUT2D eigenvalue weighted by molar-refractivity contribution is 0.0944. The molecule has 0 bridgehead atoms. The second-order valence-electron chi connectivity index (χ2n) is 5.56. The van der Waals surface area contributed by atoms with Crippen LogP contribution in [0.3, 0.4) is 0 Å². The lowest BCUT2D eigenvalue weighted by Gasteiger charge is -2.14. The minimum absolute atomic E-state index is 0.239. The molecule has 0 spiro atoms. The Kier molecular flexibility index (Phi) is 4.66. The molecule has 0 aliphatic rings. The van der Waals surface area contributed by atoms with Crippen molar-refractivity contribution in [2.45, 2.75) is 19.9 Å². The fourth-order valence-electron chi connectivity index (χ4n) is 2.34. The molecule has 1 aromatic heterocycles. The first-order valence-corrected chi connectivity index (χ1v) is 8.27. The first-order chi connectivity index (χ1) is 11.5. The molecule has 1 unspecified atom stereocenters. The van der Waals surface area contributed by atoms with Crippen molar-refractivity contribution in [3.05, 3.63) is 70.4 Å². The van der Waals surface area contributed by atoms with Gasteiger partial charge in [-0.15, -0.1) is 5.10 Å². The minimum Gasteiger partial charge on any atom is -0.345 e.